The van der Waals surface area contributed by atoms with Gasteiger partial charge in [-0.2, -0.15) is 0 Å². The molecule has 7 rings (SSSR count). The third-order valence-electron chi connectivity index (χ3n) is 11.2. The summed E-state index contributed by atoms with van der Waals surface area (Å²) in [5, 5.41) is 16.3. The van der Waals surface area contributed by atoms with Crippen LogP contribution in [0.1, 0.15) is 43.2 Å². The Hall–Kier alpha value is -4.32. The highest BCUT2D eigenvalue weighted by Gasteiger charge is 2.48. The number of urea groups is 1. The minimum Gasteiger partial charge on any atom is -0.506 e. The molecule has 4 aliphatic rings. The number of nitrogens with two attached hydrogens (primary N) is 1. The molecule has 292 valence electrons. The number of rotatable bonds is 8. The van der Waals surface area contributed by atoms with Crippen LogP contribution >= 0.6 is 31.9 Å². The first-order valence-electron chi connectivity index (χ1n) is 18.7. The smallest absolute Gasteiger partial charge is 0.413 e. The van der Waals surface area contributed by atoms with E-state index in [-0.39, 0.29) is 49.9 Å². The first kappa shape index (κ1) is 38.9. The van der Waals surface area contributed by atoms with Gasteiger partial charge in [-0.05, 0) is 119 Å². The van der Waals surface area contributed by atoms with Gasteiger partial charge in [-0.1, -0.05) is 0 Å². The minimum atomic E-state index is -1.18. The predicted molar refractivity (Wildman–Crippen MR) is 211 cm³/mol. The molecule has 3 saturated heterocycles. The normalized spacial score (nSPS) is 19.5. The Balaban J connectivity index is 1.18. The summed E-state index contributed by atoms with van der Waals surface area (Å²) in [5.74, 6) is -0.406. The monoisotopic (exact) mass is 881 g/mol. The zero-order valence-corrected chi connectivity index (χ0v) is 33.5. The van der Waals surface area contributed by atoms with Crippen LogP contribution in [0, 0.1) is 5.92 Å². The number of hydrogen-bond acceptors (Lipinski definition) is 11. The molecule has 0 bridgehead atoms. The van der Waals surface area contributed by atoms with Gasteiger partial charge in [0.2, 0.25) is 11.8 Å². The highest BCUT2D eigenvalue weighted by molar-refractivity contribution is 9.11. The average Bonchev–Trinajstić information content (AvgIpc) is 3.20. The van der Waals surface area contributed by atoms with E-state index in [4.69, 9.17) is 10.5 Å². The number of amides is 5. The Morgan fingerprint density at radius 3 is 2.33 bits per heavy atom. The van der Waals surface area contributed by atoms with Crippen LogP contribution in [0.5, 0.6) is 5.75 Å². The molecule has 3 aromatic rings. The molecule has 1 spiro atoms. The summed E-state index contributed by atoms with van der Waals surface area (Å²) in [5.41, 5.74) is 8.10. The van der Waals surface area contributed by atoms with E-state index in [0.717, 1.165) is 42.1 Å². The van der Waals surface area contributed by atoms with Crippen LogP contribution in [-0.2, 0) is 26.3 Å². The number of phenols is 1. The highest BCUT2D eigenvalue weighted by Crippen LogP contribution is 2.43. The lowest BCUT2D eigenvalue weighted by atomic mass is 9.83. The number of anilines is 2. The van der Waals surface area contributed by atoms with Gasteiger partial charge in [0.1, 0.15) is 23.2 Å². The fourth-order valence-electron chi connectivity index (χ4n) is 8.15. The van der Waals surface area contributed by atoms with E-state index < -0.39 is 35.7 Å². The van der Waals surface area contributed by atoms with Gasteiger partial charge in [0.25, 0.3) is 0 Å². The van der Waals surface area contributed by atoms with Gasteiger partial charge >= 0.3 is 12.1 Å². The second kappa shape index (κ2) is 16.8. The second-order valence-electron chi connectivity index (χ2n) is 14.6. The summed E-state index contributed by atoms with van der Waals surface area (Å²) in [6, 6.07) is 7.99. The fourth-order valence-corrected chi connectivity index (χ4v) is 9.43. The number of nitrogens with zero attached hydrogens (tertiary/aromatic N) is 6. The maximum atomic E-state index is 14.9. The first-order chi connectivity index (χ1) is 26.5. The summed E-state index contributed by atoms with van der Waals surface area (Å²) in [4.78, 5) is 72.3. The number of aromatic nitrogens is 2. The van der Waals surface area contributed by atoms with Crippen LogP contribution in [0.15, 0.2) is 63.9 Å². The number of pyridine rings is 2. The van der Waals surface area contributed by atoms with Gasteiger partial charge in [-0.15, -0.1) is 0 Å². The van der Waals surface area contributed by atoms with Gasteiger partial charge in [-0.25, -0.2) is 14.6 Å². The van der Waals surface area contributed by atoms with Crippen LogP contribution < -0.4 is 21.3 Å². The van der Waals surface area contributed by atoms with Crippen molar-refractivity contribution in [3.63, 3.8) is 0 Å². The average molecular weight is 884 g/mol. The Labute approximate surface area is 336 Å². The number of carbonyl (C=O) groups excluding carboxylic acids is 4. The Morgan fingerprint density at radius 2 is 1.65 bits per heavy atom. The third-order valence-corrected chi connectivity index (χ3v) is 12.4. The number of likely N-dealkylation sites (tertiary alicyclic amines) is 1. The van der Waals surface area contributed by atoms with Crippen LogP contribution in [0.25, 0.3) is 0 Å². The lowest BCUT2D eigenvalue weighted by Gasteiger charge is -2.46. The molecule has 4 aliphatic heterocycles. The van der Waals surface area contributed by atoms with Gasteiger partial charge in [0, 0.05) is 82.0 Å². The molecule has 17 heteroatoms. The molecule has 3 fully saturated rings. The molecule has 55 heavy (non-hydrogen) atoms. The maximum Gasteiger partial charge on any atom is 0.413 e. The van der Waals surface area contributed by atoms with E-state index in [2.05, 4.69) is 57.4 Å². The van der Waals surface area contributed by atoms with Crippen molar-refractivity contribution in [1.29, 1.82) is 0 Å². The van der Waals surface area contributed by atoms with E-state index in [1.165, 1.54) is 0 Å². The van der Waals surface area contributed by atoms with Gasteiger partial charge in [0.05, 0.1) is 15.0 Å². The number of imide groups is 1. The van der Waals surface area contributed by atoms with Crippen molar-refractivity contribution in [3.05, 3.63) is 75.1 Å². The summed E-state index contributed by atoms with van der Waals surface area (Å²) < 4.78 is 6.73. The molecule has 0 unspecified atom stereocenters. The van der Waals surface area contributed by atoms with Crippen molar-refractivity contribution in [2.45, 2.75) is 56.2 Å². The summed E-state index contributed by atoms with van der Waals surface area (Å²) in [7, 11) is 0. The molecule has 6 heterocycles. The molecule has 2 atom stereocenters. The van der Waals surface area contributed by atoms with Crippen LogP contribution in [0.2, 0.25) is 0 Å². The molecule has 15 nitrogen and oxygen atoms in total. The number of aromatic hydroxyl groups is 1. The quantitative estimate of drug-likeness (QED) is 0.254. The van der Waals surface area contributed by atoms with Gasteiger partial charge in [-0.3, -0.25) is 24.8 Å². The second-order valence-corrected chi connectivity index (χ2v) is 16.3. The molecule has 2 aromatic heterocycles. The zero-order chi connectivity index (χ0) is 38.7. The van der Waals surface area contributed by atoms with E-state index in [0.29, 0.717) is 52.9 Å². The number of nitrogens with one attached hydrogen (secondary N) is 2. The fraction of sp³-hybridized carbons (Fsp3) is 0.474. The maximum absolute atomic E-state index is 14.9. The van der Waals surface area contributed by atoms with Crippen molar-refractivity contribution in [1.82, 2.24) is 30.0 Å². The number of fused-ring (bicyclic) bond motifs is 2. The van der Waals surface area contributed by atoms with Gasteiger partial charge in [0.15, 0.2) is 0 Å². The predicted octanol–water partition coefficient (Wildman–Crippen LogP) is 4.19. The number of hydrogen-bond donors (Lipinski definition) is 4. The van der Waals surface area contributed by atoms with Crippen LogP contribution in [-0.4, -0.2) is 118 Å². The van der Waals surface area contributed by atoms with E-state index in [9.17, 15) is 24.3 Å². The largest absolute Gasteiger partial charge is 0.506 e. The molecule has 0 radical (unpaired) electrons. The molecule has 1 aromatic carbocycles. The third kappa shape index (κ3) is 8.44. The Morgan fingerprint density at radius 1 is 0.982 bits per heavy atom. The number of piperazine rings is 1. The molecule has 5 amide bonds. The Bertz CT molecular complexity index is 1880. The highest BCUT2D eigenvalue weighted by atomic mass is 79.9. The molecular weight excluding hydrogens is 838 g/mol. The number of piperidine rings is 2. The van der Waals surface area contributed by atoms with Gasteiger partial charge < -0.3 is 35.6 Å². The topological polar surface area (TPSA) is 187 Å². The van der Waals surface area contributed by atoms with Crippen LogP contribution in [0.4, 0.5) is 21.1 Å². The van der Waals surface area contributed by atoms with E-state index >= 15 is 0 Å². The molecule has 5 N–H and O–H groups in total. The van der Waals surface area contributed by atoms with E-state index in [1.807, 2.05) is 18.2 Å². The first-order valence-corrected chi connectivity index (χ1v) is 20.3. The SMILES string of the molecule is N[C@@H](Cc1cc(Br)c(O)c(Br)c1)C(=O)N(C(=O)N1CCC2(CC1)OC(=O)Nc1ncccc12)[C@@H](CC1CCNCC1)C(=O)N1CCN(c2ccncc2)CC1. The van der Waals surface area contributed by atoms with Crippen molar-refractivity contribution in [2.75, 3.05) is 62.6 Å². The van der Waals surface area contributed by atoms with Crippen LogP contribution in [0.3, 0.4) is 0 Å². The van der Waals surface area contributed by atoms with E-state index in [1.54, 1.807) is 46.6 Å². The van der Waals surface area contributed by atoms with Crippen molar-refractivity contribution < 1.29 is 29.0 Å². The molecule has 0 saturated carbocycles. The summed E-state index contributed by atoms with van der Waals surface area (Å²) in [6.45, 7) is 3.88. The van der Waals surface area contributed by atoms with Crippen molar-refractivity contribution >= 4 is 67.3 Å². The molecule has 0 aliphatic carbocycles. The lowest BCUT2D eigenvalue weighted by molar-refractivity contribution is -0.145. The zero-order valence-electron chi connectivity index (χ0n) is 30.3. The number of ether oxygens (including phenoxy) is 1. The lowest BCUT2D eigenvalue weighted by Crippen LogP contribution is -2.63. The standard InChI is InChI=1S/C38H45Br2N9O6/c39-28-20-25(21-29(40)32(28)50)22-30(41)34(51)49(37(54)48-14-7-38(8-15-48)27-2-1-9-44-33(27)45-36(53)55-38)31(23-24-3-10-42-11-4-24)35(52)47-18-16-46(17-19-47)26-5-12-43-13-6-26/h1-2,5-6,9,12-13,20-21,24,30-31,42,50H,3-4,7-8,10-11,14-19,22-23,41H2,(H,44,45,53)/t30-,31-/m0/s1. The van der Waals surface area contributed by atoms with Crippen molar-refractivity contribution in [3.8, 4) is 5.75 Å². The number of halogens is 2. The Kier molecular flexibility index (Phi) is 11.9. The summed E-state index contributed by atoms with van der Waals surface area (Å²) >= 11 is 6.71. The molecular formula is C38H45Br2N9O6. The van der Waals surface area contributed by atoms with Crippen molar-refractivity contribution in [2.24, 2.45) is 11.7 Å². The number of benzene rings is 1. The number of phenolic OH excluding ortho intramolecular Hbond substituents is 1. The summed E-state index contributed by atoms with van der Waals surface area (Å²) in [6.07, 6.45) is 6.98. The minimum absolute atomic E-state index is 0.0119. The number of carbonyl (C=O) groups is 4.